The van der Waals surface area contributed by atoms with Gasteiger partial charge in [0.15, 0.2) is 9.84 Å². The molecule has 0 heterocycles. The van der Waals surface area contributed by atoms with Crippen LogP contribution in [0.5, 0.6) is 0 Å². The van der Waals surface area contributed by atoms with E-state index in [4.69, 9.17) is 0 Å². The Bertz CT molecular complexity index is 448. The first-order valence-electron chi connectivity index (χ1n) is 4.22. The molecule has 0 aliphatic heterocycles. The Morgan fingerprint density at radius 2 is 1.87 bits per heavy atom. The van der Waals surface area contributed by atoms with Gasteiger partial charge in [0, 0.05) is 0 Å². The summed E-state index contributed by atoms with van der Waals surface area (Å²) in [5.74, 6) is -0.385. The van der Waals surface area contributed by atoms with Gasteiger partial charge in [-0.2, -0.15) is 0 Å². The van der Waals surface area contributed by atoms with Gasteiger partial charge in [-0.05, 0) is 17.7 Å². The van der Waals surface area contributed by atoms with Gasteiger partial charge in [0.05, 0.1) is 4.90 Å². The summed E-state index contributed by atoms with van der Waals surface area (Å²) in [6.45, 7) is 3.56. The number of hydrogen-bond donors (Lipinski definition) is 1. The third kappa shape index (κ3) is 2.92. The molecule has 4 nitrogen and oxygen atoms in total. The third-order valence-electron chi connectivity index (χ3n) is 1.83. The molecule has 0 bridgehead atoms. The Balaban J connectivity index is 2.95. The van der Waals surface area contributed by atoms with Crippen LogP contribution in [-0.4, -0.2) is 20.7 Å². The van der Waals surface area contributed by atoms with Crippen molar-refractivity contribution in [2.45, 2.75) is 4.90 Å². The van der Waals surface area contributed by atoms with Crippen LogP contribution >= 0.6 is 0 Å². The summed E-state index contributed by atoms with van der Waals surface area (Å²) in [6, 6.07) is 6.28. The van der Waals surface area contributed by atoms with E-state index in [1.165, 1.54) is 12.1 Å². The molecule has 0 aromatic heterocycles. The molecular formula is C10H11NO3S. The van der Waals surface area contributed by atoms with Gasteiger partial charge in [0.25, 0.3) is 0 Å². The van der Waals surface area contributed by atoms with Gasteiger partial charge in [0.1, 0.15) is 5.88 Å². The van der Waals surface area contributed by atoms with Gasteiger partial charge in [-0.15, -0.1) is 0 Å². The second-order valence-corrected chi connectivity index (χ2v) is 4.84. The van der Waals surface area contributed by atoms with E-state index >= 15 is 0 Å². The summed E-state index contributed by atoms with van der Waals surface area (Å²) in [7, 11) is -3.42. The number of rotatable bonds is 5. The number of sulfone groups is 1. The van der Waals surface area contributed by atoms with Crippen LogP contribution in [0.15, 0.2) is 35.7 Å². The van der Waals surface area contributed by atoms with Gasteiger partial charge >= 0.3 is 0 Å². The Morgan fingerprint density at radius 3 is 2.33 bits per heavy atom. The summed E-state index contributed by atoms with van der Waals surface area (Å²) in [4.78, 5) is 10.2. The predicted octanol–water partition coefficient (Wildman–Crippen LogP) is 0.807. The van der Waals surface area contributed by atoms with Crippen molar-refractivity contribution in [3.05, 3.63) is 36.4 Å². The fourth-order valence-electron chi connectivity index (χ4n) is 1.04. The molecular weight excluding hydrogens is 214 g/mol. The van der Waals surface area contributed by atoms with Crippen molar-refractivity contribution < 1.29 is 13.2 Å². The first-order chi connectivity index (χ1) is 7.10. The molecule has 0 saturated heterocycles. The summed E-state index contributed by atoms with van der Waals surface area (Å²) in [5.41, 5.74) is 0.845. The average Bonchev–Trinajstić information content (AvgIpc) is 2.26. The number of carbonyl (C=O) groups is 1. The maximum absolute atomic E-state index is 11.5. The number of benzene rings is 1. The second kappa shape index (κ2) is 4.75. The highest BCUT2D eigenvalue weighted by atomic mass is 32.2. The zero-order valence-corrected chi connectivity index (χ0v) is 8.83. The minimum absolute atomic E-state index is 0.183. The quantitative estimate of drug-likeness (QED) is 0.754. The van der Waals surface area contributed by atoms with Gasteiger partial charge in [0.2, 0.25) is 6.41 Å². The highest BCUT2D eigenvalue weighted by Gasteiger charge is 2.12. The van der Waals surface area contributed by atoms with Crippen molar-refractivity contribution in [2.24, 2.45) is 0 Å². The largest absolute Gasteiger partial charge is 0.344 e. The molecule has 1 aromatic rings. The van der Waals surface area contributed by atoms with Crippen LogP contribution in [0, 0.1) is 0 Å². The Morgan fingerprint density at radius 1 is 1.27 bits per heavy atom. The van der Waals surface area contributed by atoms with E-state index in [1.54, 1.807) is 18.2 Å². The minimum Gasteiger partial charge on any atom is -0.344 e. The number of nitrogens with one attached hydrogen (secondary N) is 1. The highest BCUT2D eigenvalue weighted by Crippen LogP contribution is 2.12. The average molecular weight is 225 g/mol. The lowest BCUT2D eigenvalue weighted by Crippen LogP contribution is -2.21. The zero-order chi connectivity index (χ0) is 11.3. The number of carbonyl (C=O) groups excluding carboxylic acids is 1. The molecule has 0 spiro atoms. The van der Waals surface area contributed by atoms with Gasteiger partial charge in [-0.3, -0.25) is 4.79 Å². The molecule has 0 atom stereocenters. The van der Waals surface area contributed by atoms with Crippen molar-refractivity contribution in [3.8, 4) is 0 Å². The van der Waals surface area contributed by atoms with Crippen LogP contribution in [0.1, 0.15) is 5.56 Å². The van der Waals surface area contributed by atoms with Crippen molar-refractivity contribution in [2.75, 3.05) is 5.88 Å². The van der Waals surface area contributed by atoms with E-state index in [2.05, 4.69) is 11.9 Å². The molecule has 1 rings (SSSR count). The standard InChI is InChI=1S/C10H11NO3S/c1-2-9-3-5-10(6-4-9)15(13,14)8-11-7-12/h2-7H,1,8H2,(H,11,12). The molecule has 1 amide bonds. The Kier molecular flexibility index (Phi) is 3.62. The van der Waals surface area contributed by atoms with Crippen LogP contribution in [-0.2, 0) is 14.6 Å². The SMILES string of the molecule is C=Cc1ccc(S(=O)(=O)CNC=O)cc1. The van der Waals surface area contributed by atoms with E-state index in [9.17, 15) is 13.2 Å². The summed E-state index contributed by atoms with van der Waals surface area (Å²) >= 11 is 0. The topological polar surface area (TPSA) is 63.2 Å². The van der Waals surface area contributed by atoms with Crippen molar-refractivity contribution in [3.63, 3.8) is 0 Å². The fraction of sp³-hybridized carbons (Fsp3) is 0.100. The Labute approximate surface area is 88.5 Å². The van der Waals surface area contributed by atoms with Crippen molar-refractivity contribution in [1.82, 2.24) is 5.32 Å². The monoisotopic (exact) mass is 225 g/mol. The van der Waals surface area contributed by atoms with E-state index in [0.717, 1.165) is 5.56 Å². The molecule has 1 aromatic carbocycles. The van der Waals surface area contributed by atoms with Gasteiger partial charge < -0.3 is 5.32 Å². The molecule has 0 fully saturated rings. The van der Waals surface area contributed by atoms with E-state index < -0.39 is 9.84 Å². The molecule has 80 valence electrons. The molecule has 0 radical (unpaired) electrons. The van der Waals surface area contributed by atoms with Gasteiger partial charge in [-0.25, -0.2) is 8.42 Å². The molecule has 1 N–H and O–H groups in total. The van der Waals surface area contributed by atoms with Crippen LogP contribution in [0.3, 0.4) is 0 Å². The number of amides is 1. The molecule has 5 heteroatoms. The van der Waals surface area contributed by atoms with Crippen LogP contribution < -0.4 is 5.32 Å². The normalized spacial score (nSPS) is 10.7. The van der Waals surface area contributed by atoms with E-state index in [-0.39, 0.29) is 10.8 Å². The second-order valence-electron chi connectivity index (χ2n) is 2.85. The maximum atomic E-state index is 11.5. The third-order valence-corrected chi connectivity index (χ3v) is 3.37. The fourth-order valence-corrected chi connectivity index (χ4v) is 2.04. The van der Waals surface area contributed by atoms with Crippen LogP contribution in [0.2, 0.25) is 0 Å². The summed E-state index contributed by atoms with van der Waals surface area (Å²) < 4.78 is 23.1. The molecule has 0 saturated carbocycles. The van der Waals surface area contributed by atoms with Crippen molar-refractivity contribution >= 4 is 22.3 Å². The van der Waals surface area contributed by atoms with E-state index in [0.29, 0.717) is 6.41 Å². The smallest absolute Gasteiger partial charge is 0.207 e. The molecule has 15 heavy (non-hydrogen) atoms. The molecule has 0 aliphatic rings. The van der Waals surface area contributed by atoms with Crippen LogP contribution in [0.25, 0.3) is 6.08 Å². The van der Waals surface area contributed by atoms with Crippen LogP contribution in [0.4, 0.5) is 0 Å². The predicted molar refractivity (Wildman–Crippen MR) is 57.8 cm³/mol. The van der Waals surface area contributed by atoms with E-state index in [1.807, 2.05) is 0 Å². The molecule has 0 aliphatic carbocycles. The lowest BCUT2D eigenvalue weighted by atomic mass is 10.2. The first-order valence-corrected chi connectivity index (χ1v) is 5.87. The minimum atomic E-state index is -3.42. The Hall–Kier alpha value is -1.62. The molecule has 0 unspecified atom stereocenters. The lowest BCUT2D eigenvalue weighted by Gasteiger charge is -2.03. The summed E-state index contributed by atoms with van der Waals surface area (Å²) in [5, 5.41) is 2.13. The van der Waals surface area contributed by atoms with Crippen molar-refractivity contribution in [1.29, 1.82) is 0 Å². The van der Waals surface area contributed by atoms with Gasteiger partial charge in [-0.1, -0.05) is 24.8 Å². The zero-order valence-electron chi connectivity index (χ0n) is 8.01. The highest BCUT2D eigenvalue weighted by molar-refractivity contribution is 7.91. The summed E-state index contributed by atoms with van der Waals surface area (Å²) in [6.07, 6.45) is 1.98. The first kappa shape index (κ1) is 11.5. The maximum Gasteiger partial charge on any atom is 0.207 e. The number of hydrogen-bond acceptors (Lipinski definition) is 3. The lowest BCUT2D eigenvalue weighted by molar-refractivity contribution is -0.109.